The molecule has 2 aromatic carbocycles. The Bertz CT molecular complexity index is 892. The van der Waals surface area contributed by atoms with Crippen molar-refractivity contribution < 1.29 is 23.7 Å². The minimum Gasteiger partial charge on any atom is -0.493 e. The van der Waals surface area contributed by atoms with E-state index in [1.807, 2.05) is 36.4 Å². The lowest BCUT2D eigenvalue weighted by Gasteiger charge is -2.21. The molecule has 0 aromatic heterocycles. The number of carbonyl (C=O) groups is 1. The number of ether oxygens (including phenoxy) is 4. The summed E-state index contributed by atoms with van der Waals surface area (Å²) >= 11 is 0. The second-order valence-corrected chi connectivity index (χ2v) is 6.94. The van der Waals surface area contributed by atoms with Gasteiger partial charge in [-0.25, -0.2) is 0 Å². The number of hydrogen-bond acceptors (Lipinski definition) is 6. The van der Waals surface area contributed by atoms with Crippen LogP contribution in [0.3, 0.4) is 0 Å². The molecule has 0 saturated carbocycles. The molecule has 1 N–H and O–H groups in total. The van der Waals surface area contributed by atoms with Crippen LogP contribution in [0.5, 0.6) is 23.0 Å². The van der Waals surface area contributed by atoms with Gasteiger partial charge in [0.2, 0.25) is 11.7 Å². The molecule has 1 aliphatic heterocycles. The molecule has 0 aliphatic carbocycles. The Morgan fingerprint density at radius 3 is 2.68 bits per heavy atom. The van der Waals surface area contributed by atoms with Gasteiger partial charge in [-0.05, 0) is 49.0 Å². The third kappa shape index (κ3) is 6.15. The van der Waals surface area contributed by atoms with Crippen molar-refractivity contribution >= 4 is 17.7 Å². The molecule has 1 amide bonds. The molecule has 31 heavy (non-hydrogen) atoms. The highest BCUT2D eigenvalue weighted by Gasteiger charge is 2.18. The summed E-state index contributed by atoms with van der Waals surface area (Å²) < 4.78 is 22.5. The maximum absolute atomic E-state index is 12.5. The van der Waals surface area contributed by atoms with Crippen LogP contribution in [0.2, 0.25) is 0 Å². The lowest BCUT2D eigenvalue weighted by molar-refractivity contribution is -0.111. The Balaban J connectivity index is 1.64. The minimum atomic E-state index is -0.256. The standard InChI is InChI=1S/C24H30N2O5/c1-4-26(5-2)12-13-29-20-9-7-6-8-19(20)25-23(27)11-10-18-16-21(28-3)24-22(17-18)30-14-15-31-24/h6-11,16-17H,4-5,12-15H2,1-3H3,(H,25,27)/b11-10+. The van der Waals surface area contributed by atoms with Crippen LogP contribution >= 0.6 is 0 Å². The predicted octanol–water partition coefficient (Wildman–Crippen LogP) is 3.84. The van der Waals surface area contributed by atoms with Crippen molar-refractivity contribution in [3.63, 3.8) is 0 Å². The van der Waals surface area contributed by atoms with Gasteiger partial charge < -0.3 is 29.2 Å². The van der Waals surface area contributed by atoms with Gasteiger partial charge in [0.25, 0.3) is 0 Å². The molecule has 0 atom stereocenters. The van der Waals surface area contributed by atoms with Gasteiger partial charge >= 0.3 is 0 Å². The number of likely N-dealkylation sites (N-methyl/N-ethyl adjacent to an activating group) is 1. The quantitative estimate of drug-likeness (QED) is 0.582. The zero-order valence-corrected chi connectivity index (χ0v) is 18.3. The van der Waals surface area contributed by atoms with Crippen LogP contribution < -0.4 is 24.3 Å². The van der Waals surface area contributed by atoms with Crippen LogP contribution in [0.25, 0.3) is 6.08 Å². The first-order valence-corrected chi connectivity index (χ1v) is 10.6. The number of nitrogens with one attached hydrogen (secondary N) is 1. The third-order valence-corrected chi connectivity index (χ3v) is 4.98. The van der Waals surface area contributed by atoms with Crippen LogP contribution in [0, 0.1) is 0 Å². The lowest BCUT2D eigenvalue weighted by atomic mass is 10.1. The molecule has 7 heteroatoms. The molecule has 3 rings (SSSR count). The Hall–Kier alpha value is -3.19. The summed E-state index contributed by atoms with van der Waals surface area (Å²) in [5, 5.41) is 2.89. The van der Waals surface area contributed by atoms with Crippen molar-refractivity contribution in [1.29, 1.82) is 0 Å². The maximum Gasteiger partial charge on any atom is 0.248 e. The van der Waals surface area contributed by atoms with Crippen LogP contribution in [0.4, 0.5) is 5.69 Å². The Morgan fingerprint density at radius 2 is 1.90 bits per heavy atom. The summed E-state index contributed by atoms with van der Waals surface area (Å²) in [6.07, 6.45) is 3.18. The van der Waals surface area contributed by atoms with Gasteiger partial charge in [-0.2, -0.15) is 0 Å². The molecule has 0 spiro atoms. The number of fused-ring (bicyclic) bond motifs is 1. The number of nitrogens with zero attached hydrogens (tertiary/aromatic N) is 1. The first-order chi connectivity index (χ1) is 15.1. The number of rotatable bonds is 10. The fourth-order valence-corrected chi connectivity index (χ4v) is 3.26. The Morgan fingerprint density at radius 1 is 1.13 bits per heavy atom. The van der Waals surface area contributed by atoms with Gasteiger partial charge in [0, 0.05) is 12.6 Å². The van der Waals surface area contributed by atoms with Crippen molar-refractivity contribution in [2.24, 2.45) is 0 Å². The first-order valence-electron chi connectivity index (χ1n) is 10.6. The summed E-state index contributed by atoms with van der Waals surface area (Å²) in [5.41, 5.74) is 1.41. The van der Waals surface area contributed by atoms with Gasteiger partial charge in [-0.1, -0.05) is 26.0 Å². The topological polar surface area (TPSA) is 69.3 Å². The SMILES string of the molecule is CCN(CC)CCOc1ccccc1NC(=O)/C=C/c1cc(OC)c2c(c1)OCCO2. The predicted molar refractivity (Wildman–Crippen MR) is 121 cm³/mol. The second-order valence-electron chi connectivity index (χ2n) is 6.94. The van der Waals surface area contributed by atoms with E-state index in [9.17, 15) is 4.79 Å². The van der Waals surface area contributed by atoms with Crippen molar-refractivity contribution in [3.05, 3.63) is 48.0 Å². The average molecular weight is 427 g/mol. The number of benzene rings is 2. The first kappa shape index (κ1) is 22.5. The minimum absolute atomic E-state index is 0.256. The average Bonchev–Trinajstić information content (AvgIpc) is 2.81. The summed E-state index contributed by atoms with van der Waals surface area (Å²) in [4.78, 5) is 14.8. The van der Waals surface area contributed by atoms with Crippen LogP contribution in [0.1, 0.15) is 19.4 Å². The van der Waals surface area contributed by atoms with E-state index in [-0.39, 0.29) is 5.91 Å². The molecule has 0 bridgehead atoms. The van der Waals surface area contributed by atoms with E-state index in [1.54, 1.807) is 13.2 Å². The number of para-hydroxylation sites is 2. The van der Waals surface area contributed by atoms with Crippen molar-refractivity contribution in [2.45, 2.75) is 13.8 Å². The molecule has 0 unspecified atom stereocenters. The van der Waals surface area contributed by atoms with Crippen LogP contribution in [-0.4, -0.2) is 57.4 Å². The number of anilines is 1. The molecule has 1 aliphatic rings. The van der Waals surface area contributed by atoms with Gasteiger partial charge in [-0.3, -0.25) is 4.79 Å². The molecule has 0 radical (unpaired) electrons. The lowest BCUT2D eigenvalue weighted by Crippen LogP contribution is -2.28. The summed E-state index contributed by atoms with van der Waals surface area (Å²) in [6.45, 7) is 8.57. The van der Waals surface area contributed by atoms with Gasteiger partial charge in [0.05, 0.1) is 12.8 Å². The summed E-state index contributed by atoms with van der Waals surface area (Å²) in [6, 6.07) is 11.1. The normalized spacial score (nSPS) is 12.8. The van der Waals surface area contributed by atoms with E-state index in [1.165, 1.54) is 6.08 Å². The van der Waals surface area contributed by atoms with Crippen molar-refractivity contribution in [3.8, 4) is 23.0 Å². The highest BCUT2D eigenvalue weighted by Crippen LogP contribution is 2.40. The summed E-state index contributed by atoms with van der Waals surface area (Å²) in [7, 11) is 1.57. The number of amides is 1. The molecular weight excluding hydrogens is 396 g/mol. The zero-order valence-electron chi connectivity index (χ0n) is 18.3. The molecule has 166 valence electrons. The van der Waals surface area contributed by atoms with Crippen LogP contribution in [-0.2, 0) is 4.79 Å². The van der Waals surface area contributed by atoms with Crippen molar-refractivity contribution in [2.75, 3.05) is 51.9 Å². The number of carbonyl (C=O) groups excluding carboxylic acids is 1. The van der Waals surface area contributed by atoms with E-state index >= 15 is 0 Å². The van der Waals surface area contributed by atoms with E-state index in [2.05, 4.69) is 24.1 Å². The third-order valence-electron chi connectivity index (χ3n) is 4.98. The highest BCUT2D eigenvalue weighted by molar-refractivity contribution is 6.02. The number of methoxy groups -OCH3 is 1. The van der Waals surface area contributed by atoms with Gasteiger partial charge in [-0.15, -0.1) is 0 Å². The number of hydrogen-bond donors (Lipinski definition) is 1. The van der Waals surface area contributed by atoms with E-state index in [4.69, 9.17) is 18.9 Å². The maximum atomic E-state index is 12.5. The fourth-order valence-electron chi connectivity index (χ4n) is 3.26. The molecule has 1 heterocycles. The largest absolute Gasteiger partial charge is 0.493 e. The zero-order chi connectivity index (χ0) is 22.1. The van der Waals surface area contributed by atoms with Crippen LogP contribution in [0.15, 0.2) is 42.5 Å². The second kappa shape index (κ2) is 11.3. The summed E-state index contributed by atoms with van der Waals surface area (Å²) in [5.74, 6) is 2.17. The Labute approximate surface area is 183 Å². The monoisotopic (exact) mass is 426 g/mol. The van der Waals surface area contributed by atoms with Gasteiger partial charge in [0.1, 0.15) is 25.6 Å². The molecule has 7 nitrogen and oxygen atoms in total. The van der Waals surface area contributed by atoms with Crippen molar-refractivity contribution in [1.82, 2.24) is 4.90 Å². The fraction of sp³-hybridized carbons (Fsp3) is 0.375. The van der Waals surface area contributed by atoms with E-state index in [0.29, 0.717) is 48.5 Å². The van der Waals surface area contributed by atoms with Gasteiger partial charge in [0.15, 0.2) is 11.5 Å². The Kier molecular flexibility index (Phi) is 8.18. The molecule has 2 aromatic rings. The van der Waals surface area contributed by atoms with E-state index < -0.39 is 0 Å². The smallest absolute Gasteiger partial charge is 0.248 e. The molecule has 0 fully saturated rings. The van der Waals surface area contributed by atoms with E-state index in [0.717, 1.165) is 25.2 Å². The molecule has 0 saturated heterocycles. The highest BCUT2D eigenvalue weighted by atomic mass is 16.6. The molecular formula is C24H30N2O5.